The molecule has 0 radical (unpaired) electrons. The average molecular weight is 521 g/mol. The first-order chi connectivity index (χ1) is 17.2. The van der Waals surface area contributed by atoms with Gasteiger partial charge in [0.2, 0.25) is 15.0 Å². The Hall–Kier alpha value is -2.89. The number of esters is 1. The molecule has 2 N–H and O–H groups in total. The number of aryl methyl sites for hydroxylation is 1. The molecule has 0 saturated heterocycles. The molecule has 2 fully saturated rings. The van der Waals surface area contributed by atoms with Crippen LogP contribution >= 0.6 is 0 Å². The van der Waals surface area contributed by atoms with Gasteiger partial charge in [0, 0.05) is 18.3 Å². The van der Waals surface area contributed by atoms with Crippen molar-refractivity contribution in [1.29, 1.82) is 0 Å². The normalized spacial score (nSPS) is 23.1. The molecule has 2 saturated carbocycles. The second kappa shape index (κ2) is 11.0. The molecular formula is C24H36N6O5S. The quantitative estimate of drug-likeness (QED) is 0.588. The van der Waals surface area contributed by atoms with E-state index in [9.17, 15) is 18.0 Å². The zero-order chi connectivity index (χ0) is 25.9. The van der Waals surface area contributed by atoms with Crippen molar-refractivity contribution in [2.75, 3.05) is 6.61 Å². The number of hydrogen-bond acceptors (Lipinski definition) is 8. The van der Waals surface area contributed by atoms with Gasteiger partial charge in [0.25, 0.3) is 0 Å². The van der Waals surface area contributed by atoms with Crippen LogP contribution in [-0.4, -0.2) is 64.0 Å². The third-order valence-corrected chi connectivity index (χ3v) is 8.85. The number of hydrogen-bond donors (Lipinski definition) is 1. The van der Waals surface area contributed by atoms with Gasteiger partial charge < -0.3 is 15.4 Å². The molecule has 198 valence electrons. The number of carbonyl (C=O) groups is 2. The summed E-state index contributed by atoms with van der Waals surface area (Å²) in [5, 5.41) is 8.66. The van der Waals surface area contributed by atoms with Gasteiger partial charge in [-0.25, -0.2) is 13.2 Å². The van der Waals surface area contributed by atoms with Crippen LogP contribution in [-0.2, 0) is 25.9 Å². The van der Waals surface area contributed by atoms with Crippen LogP contribution in [0.15, 0.2) is 16.2 Å². The fourth-order valence-electron chi connectivity index (χ4n) is 5.52. The van der Waals surface area contributed by atoms with Crippen LogP contribution in [0.5, 0.6) is 0 Å². The first kappa shape index (κ1) is 26.2. The molecule has 11 nitrogen and oxygen atoms in total. The fraction of sp³-hybridized carbons (Fsp3) is 0.667. The first-order valence-corrected chi connectivity index (χ1v) is 14.3. The van der Waals surface area contributed by atoms with Gasteiger partial charge in [-0.1, -0.05) is 38.5 Å². The zero-order valence-electron chi connectivity index (χ0n) is 21.1. The molecule has 2 aliphatic carbocycles. The molecule has 12 heteroatoms. The molecule has 2 heterocycles. The van der Waals surface area contributed by atoms with Crippen LogP contribution < -0.4 is 5.73 Å². The Bertz CT molecular complexity index is 1130. The van der Waals surface area contributed by atoms with E-state index < -0.39 is 21.0 Å². The van der Waals surface area contributed by atoms with Crippen LogP contribution in [0.3, 0.4) is 0 Å². The third kappa shape index (κ3) is 5.28. The molecule has 1 aromatic rings. The minimum absolute atomic E-state index is 0.0911. The summed E-state index contributed by atoms with van der Waals surface area (Å²) in [7, 11) is -4.25. The number of fused-ring (bicyclic) bond motifs is 1. The lowest BCUT2D eigenvalue weighted by molar-refractivity contribution is -0.144. The molecule has 3 aliphatic rings. The van der Waals surface area contributed by atoms with Crippen LogP contribution in [0.25, 0.3) is 6.08 Å². The van der Waals surface area contributed by atoms with Gasteiger partial charge in [-0.15, -0.1) is 5.10 Å². The zero-order valence-corrected chi connectivity index (χ0v) is 21.9. The highest BCUT2D eigenvalue weighted by Crippen LogP contribution is 2.32. The number of amides is 2. The lowest BCUT2D eigenvalue weighted by atomic mass is 9.89. The van der Waals surface area contributed by atoms with Gasteiger partial charge in [-0.3, -0.25) is 9.48 Å². The number of rotatable bonds is 5. The number of carbonyl (C=O) groups excluding carboxylic acids is 2. The summed E-state index contributed by atoms with van der Waals surface area (Å²) in [5.74, 6) is -0.550. The van der Waals surface area contributed by atoms with Crippen molar-refractivity contribution in [1.82, 2.24) is 19.7 Å². The maximum atomic E-state index is 13.9. The Kier molecular flexibility index (Phi) is 8.01. The van der Waals surface area contributed by atoms with E-state index in [2.05, 4.69) is 10.2 Å². The van der Waals surface area contributed by atoms with E-state index in [4.69, 9.17) is 10.5 Å². The number of amidine groups is 1. The van der Waals surface area contributed by atoms with Gasteiger partial charge in [0.1, 0.15) is 11.4 Å². The topological polar surface area (TPSA) is 140 Å². The summed E-state index contributed by atoms with van der Waals surface area (Å²) in [6, 6.07) is -0.193. The van der Waals surface area contributed by atoms with E-state index in [-0.39, 0.29) is 47.5 Å². The van der Waals surface area contributed by atoms with Crippen LogP contribution in [0.4, 0.5) is 4.79 Å². The molecular weight excluding hydrogens is 484 g/mol. The Morgan fingerprint density at radius 3 is 2.22 bits per heavy atom. The monoisotopic (exact) mass is 520 g/mol. The SMILES string of the molecule is CCOC(=O)Cn1nc(C)c2c1/C=C\N(C(=O)N(C1CCCCC1)C1CCCCC1)/N=C(\N)S2(=O)=O. The van der Waals surface area contributed by atoms with Crippen molar-refractivity contribution in [3.63, 3.8) is 0 Å². The highest BCUT2D eigenvalue weighted by molar-refractivity contribution is 8.06. The minimum Gasteiger partial charge on any atom is -0.465 e. The molecule has 1 aliphatic heterocycles. The molecule has 4 rings (SSSR count). The molecule has 0 atom stereocenters. The largest absolute Gasteiger partial charge is 0.465 e. The van der Waals surface area contributed by atoms with E-state index in [1.54, 1.807) is 6.92 Å². The number of ether oxygens (including phenoxy) is 1. The standard InChI is InChI=1S/C24H36N6O5S/c1-3-35-21(31)16-29-20-14-15-28(27-23(25)36(33,34)22(20)17(2)26-29)24(32)30(18-10-6-4-7-11-18)19-12-8-5-9-13-19/h14-15,18-19H,3-13,16H2,1-2H3,(H2,25,27)/b15-14-. The predicted octanol–water partition coefficient (Wildman–Crippen LogP) is 3.13. The number of nitrogens with zero attached hydrogens (tertiary/aromatic N) is 5. The molecule has 2 amide bonds. The van der Waals surface area contributed by atoms with E-state index in [0.717, 1.165) is 69.2 Å². The molecule has 36 heavy (non-hydrogen) atoms. The molecule has 0 unspecified atom stereocenters. The van der Waals surface area contributed by atoms with Crippen molar-refractivity contribution in [3.05, 3.63) is 17.6 Å². The maximum absolute atomic E-state index is 13.9. The lowest BCUT2D eigenvalue weighted by Gasteiger charge is -2.42. The fourth-order valence-corrected chi connectivity index (χ4v) is 6.80. The van der Waals surface area contributed by atoms with Crippen molar-refractivity contribution in [3.8, 4) is 0 Å². The number of aromatic nitrogens is 2. The summed E-state index contributed by atoms with van der Waals surface area (Å²) in [5.41, 5.74) is 6.33. The number of nitrogens with two attached hydrogens (primary N) is 1. The summed E-state index contributed by atoms with van der Waals surface area (Å²) in [6.07, 6.45) is 13.1. The first-order valence-electron chi connectivity index (χ1n) is 12.9. The molecule has 1 aromatic heterocycles. The molecule has 0 bridgehead atoms. The number of hydrazone groups is 1. The Labute approximate surface area is 212 Å². The highest BCUT2D eigenvalue weighted by atomic mass is 32.2. The van der Waals surface area contributed by atoms with Crippen LogP contribution in [0.1, 0.15) is 82.5 Å². The summed E-state index contributed by atoms with van der Waals surface area (Å²) in [4.78, 5) is 27.8. The van der Waals surface area contributed by atoms with Crippen LogP contribution in [0.2, 0.25) is 0 Å². The lowest BCUT2D eigenvalue weighted by Crippen LogP contribution is -2.52. The number of urea groups is 1. The van der Waals surface area contributed by atoms with Crippen molar-refractivity contribution in [2.45, 2.75) is 102 Å². The van der Waals surface area contributed by atoms with Crippen molar-refractivity contribution >= 4 is 33.1 Å². The molecule has 0 aromatic carbocycles. The summed E-state index contributed by atoms with van der Waals surface area (Å²) >= 11 is 0. The van der Waals surface area contributed by atoms with E-state index in [1.165, 1.54) is 23.9 Å². The van der Waals surface area contributed by atoms with Gasteiger partial charge in [0.15, 0.2) is 0 Å². The minimum atomic E-state index is -4.25. The summed E-state index contributed by atoms with van der Waals surface area (Å²) in [6.45, 7) is 3.13. The second-order valence-corrected chi connectivity index (χ2v) is 11.5. The molecule has 0 spiro atoms. The Balaban J connectivity index is 1.73. The summed E-state index contributed by atoms with van der Waals surface area (Å²) < 4.78 is 33.0. The van der Waals surface area contributed by atoms with Gasteiger partial charge in [0.05, 0.1) is 18.0 Å². The van der Waals surface area contributed by atoms with E-state index >= 15 is 0 Å². The average Bonchev–Trinajstić information content (AvgIpc) is 3.17. The number of sulfone groups is 1. The third-order valence-electron chi connectivity index (χ3n) is 7.17. The Morgan fingerprint density at radius 1 is 1.08 bits per heavy atom. The van der Waals surface area contributed by atoms with E-state index in [0.29, 0.717) is 0 Å². The maximum Gasteiger partial charge on any atom is 0.345 e. The van der Waals surface area contributed by atoms with Gasteiger partial charge in [-0.05, 0) is 45.6 Å². The predicted molar refractivity (Wildman–Crippen MR) is 134 cm³/mol. The van der Waals surface area contributed by atoms with Crippen LogP contribution in [0, 0.1) is 6.92 Å². The highest BCUT2D eigenvalue weighted by Gasteiger charge is 2.37. The van der Waals surface area contributed by atoms with Crippen molar-refractivity contribution < 1.29 is 22.7 Å². The smallest absolute Gasteiger partial charge is 0.345 e. The Morgan fingerprint density at radius 2 is 1.67 bits per heavy atom. The van der Waals surface area contributed by atoms with E-state index in [1.807, 2.05) is 4.90 Å². The van der Waals surface area contributed by atoms with Gasteiger partial charge >= 0.3 is 12.0 Å². The van der Waals surface area contributed by atoms with Gasteiger partial charge in [-0.2, -0.15) is 10.1 Å². The van der Waals surface area contributed by atoms with Crippen molar-refractivity contribution in [2.24, 2.45) is 10.8 Å². The second-order valence-electron chi connectivity index (χ2n) is 9.64.